The van der Waals surface area contributed by atoms with Crippen LogP contribution >= 0.6 is 0 Å². The Hall–Kier alpha value is -1.06. The van der Waals surface area contributed by atoms with Gasteiger partial charge in [0.2, 0.25) is 0 Å². The smallest absolute Gasteiger partial charge is 0.296 e. The van der Waals surface area contributed by atoms with E-state index in [9.17, 15) is 4.79 Å². The van der Waals surface area contributed by atoms with Crippen molar-refractivity contribution >= 4 is 0 Å². The quantitative estimate of drug-likeness (QED) is 0.797. The van der Waals surface area contributed by atoms with Crippen LogP contribution in [0.25, 0.3) is 0 Å². The van der Waals surface area contributed by atoms with E-state index in [1.54, 1.807) is 0 Å². The molecule has 1 aliphatic rings. The summed E-state index contributed by atoms with van der Waals surface area (Å²) in [6.07, 6.45) is 11.4. The van der Waals surface area contributed by atoms with Gasteiger partial charge in [-0.25, -0.2) is 4.79 Å². The van der Waals surface area contributed by atoms with Crippen molar-refractivity contribution < 1.29 is 4.52 Å². The normalized spacial score (nSPS) is 20.8. The molecule has 0 radical (unpaired) electrons. The van der Waals surface area contributed by atoms with Gasteiger partial charge < -0.3 is 0 Å². The third-order valence-electron chi connectivity index (χ3n) is 3.45. The number of aromatic nitrogens is 2. The lowest BCUT2D eigenvalue weighted by Gasteiger charge is -2.15. The lowest BCUT2D eigenvalue weighted by atomic mass is 9.92. The lowest BCUT2D eigenvalue weighted by Crippen LogP contribution is -2.05. The molecule has 0 spiro atoms. The van der Waals surface area contributed by atoms with E-state index in [4.69, 9.17) is 0 Å². The SMILES string of the molecule is O=c1[nH]c(C2CCCCCCCCC2)no1. The van der Waals surface area contributed by atoms with Crippen molar-refractivity contribution in [1.29, 1.82) is 0 Å². The van der Waals surface area contributed by atoms with Crippen LogP contribution in [0, 0.1) is 0 Å². The summed E-state index contributed by atoms with van der Waals surface area (Å²) in [6.45, 7) is 0. The van der Waals surface area contributed by atoms with E-state index < -0.39 is 5.76 Å². The summed E-state index contributed by atoms with van der Waals surface area (Å²) in [6, 6.07) is 0. The predicted octanol–water partition coefficient (Wildman–Crippen LogP) is 2.97. The van der Waals surface area contributed by atoms with E-state index in [-0.39, 0.29) is 0 Å². The molecule has 1 aromatic heterocycles. The molecule has 16 heavy (non-hydrogen) atoms. The molecule has 1 fully saturated rings. The minimum absolute atomic E-state index is 0.393. The molecule has 1 N–H and O–H groups in total. The zero-order chi connectivity index (χ0) is 11.2. The summed E-state index contributed by atoms with van der Waals surface area (Å²) >= 11 is 0. The van der Waals surface area contributed by atoms with Gasteiger partial charge in [-0.2, -0.15) is 0 Å². The summed E-state index contributed by atoms with van der Waals surface area (Å²) < 4.78 is 4.58. The Morgan fingerprint density at radius 3 is 2.06 bits per heavy atom. The Morgan fingerprint density at radius 2 is 1.56 bits per heavy atom. The highest BCUT2D eigenvalue weighted by molar-refractivity contribution is 4.91. The summed E-state index contributed by atoms with van der Waals surface area (Å²) in [5.74, 6) is 0.724. The van der Waals surface area contributed by atoms with E-state index in [1.807, 2.05) is 0 Å². The van der Waals surface area contributed by atoms with Crippen molar-refractivity contribution in [2.45, 2.75) is 63.7 Å². The highest BCUT2D eigenvalue weighted by Gasteiger charge is 2.16. The Bertz CT molecular complexity index is 346. The average molecular weight is 224 g/mol. The van der Waals surface area contributed by atoms with Crippen molar-refractivity contribution in [1.82, 2.24) is 10.1 Å². The molecule has 0 saturated heterocycles. The highest BCUT2D eigenvalue weighted by Crippen LogP contribution is 2.27. The number of aromatic amines is 1. The van der Waals surface area contributed by atoms with Gasteiger partial charge in [-0.1, -0.05) is 50.1 Å². The molecule has 1 aromatic rings. The zero-order valence-electron chi connectivity index (χ0n) is 9.71. The van der Waals surface area contributed by atoms with Crippen molar-refractivity contribution in [3.8, 4) is 0 Å². The third kappa shape index (κ3) is 3.22. The second-order valence-corrected chi connectivity index (χ2v) is 4.73. The summed E-state index contributed by atoms with van der Waals surface area (Å²) in [4.78, 5) is 13.6. The maximum Gasteiger partial charge on any atom is 0.438 e. The van der Waals surface area contributed by atoms with Gasteiger partial charge in [0, 0.05) is 5.92 Å². The number of hydrogen-bond acceptors (Lipinski definition) is 3. The van der Waals surface area contributed by atoms with Crippen LogP contribution in [-0.4, -0.2) is 10.1 Å². The third-order valence-corrected chi connectivity index (χ3v) is 3.45. The maximum atomic E-state index is 10.9. The van der Waals surface area contributed by atoms with E-state index >= 15 is 0 Å². The molecular formula is C12H20N2O2. The fraction of sp³-hybridized carbons (Fsp3) is 0.833. The number of nitrogens with one attached hydrogen (secondary N) is 1. The molecule has 4 nitrogen and oxygen atoms in total. The summed E-state index contributed by atoms with van der Waals surface area (Å²) in [7, 11) is 0. The number of nitrogens with zero attached hydrogens (tertiary/aromatic N) is 1. The van der Waals surface area contributed by atoms with Crippen LogP contribution in [0.1, 0.15) is 69.5 Å². The first-order valence-electron chi connectivity index (χ1n) is 6.42. The largest absolute Gasteiger partial charge is 0.438 e. The minimum Gasteiger partial charge on any atom is -0.296 e. The van der Waals surface area contributed by atoms with Gasteiger partial charge in [0.1, 0.15) is 0 Å². The molecule has 0 bridgehead atoms. The Labute approximate surface area is 95.4 Å². The highest BCUT2D eigenvalue weighted by atomic mass is 16.5. The van der Waals surface area contributed by atoms with E-state index in [0.29, 0.717) is 5.92 Å². The predicted molar refractivity (Wildman–Crippen MR) is 61.4 cm³/mol. The lowest BCUT2D eigenvalue weighted by molar-refractivity contribution is 0.369. The van der Waals surface area contributed by atoms with Gasteiger partial charge in [-0.3, -0.25) is 9.51 Å². The topological polar surface area (TPSA) is 58.9 Å². The molecule has 2 rings (SSSR count). The monoisotopic (exact) mass is 224 g/mol. The average Bonchev–Trinajstić information content (AvgIpc) is 2.72. The molecule has 0 unspecified atom stereocenters. The zero-order valence-corrected chi connectivity index (χ0v) is 9.71. The van der Waals surface area contributed by atoms with Gasteiger partial charge >= 0.3 is 5.76 Å². The van der Waals surface area contributed by atoms with Crippen molar-refractivity contribution in [3.63, 3.8) is 0 Å². The molecule has 1 saturated carbocycles. The van der Waals surface area contributed by atoms with Crippen molar-refractivity contribution in [2.24, 2.45) is 0 Å². The Kier molecular flexibility index (Phi) is 4.19. The number of H-pyrrole nitrogens is 1. The van der Waals surface area contributed by atoms with Crippen LogP contribution in [-0.2, 0) is 0 Å². The Balaban J connectivity index is 1.96. The molecule has 0 atom stereocenters. The van der Waals surface area contributed by atoms with Crippen LogP contribution in [0.5, 0.6) is 0 Å². The fourth-order valence-corrected chi connectivity index (χ4v) is 2.50. The fourth-order valence-electron chi connectivity index (χ4n) is 2.50. The van der Waals surface area contributed by atoms with Crippen molar-refractivity contribution in [2.75, 3.05) is 0 Å². The molecule has 0 amide bonds. The maximum absolute atomic E-state index is 10.9. The van der Waals surface area contributed by atoms with Crippen LogP contribution in [0.15, 0.2) is 9.32 Å². The van der Waals surface area contributed by atoms with E-state index in [2.05, 4.69) is 14.7 Å². The van der Waals surface area contributed by atoms with E-state index in [0.717, 1.165) is 18.7 Å². The summed E-state index contributed by atoms with van der Waals surface area (Å²) in [5.41, 5.74) is 0. The second kappa shape index (κ2) is 5.87. The molecule has 1 aliphatic carbocycles. The van der Waals surface area contributed by atoms with Gasteiger partial charge in [0.15, 0.2) is 5.82 Å². The number of rotatable bonds is 1. The van der Waals surface area contributed by atoms with Gasteiger partial charge in [0.05, 0.1) is 0 Å². The molecular weight excluding hydrogens is 204 g/mol. The van der Waals surface area contributed by atoms with Crippen LogP contribution < -0.4 is 5.76 Å². The first-order valence-corrected chi connectivity index (χ1v) is 6.42. The Morgan fingerprint density at radius 1 is 1.00 bits per heavy atom. The van der Waals surface area contributed by atoms with Crippen LogP contribution in [0.3, 0.4) is 0 Å². The molecule has 1 heterocycles. The minimum atomic E-state index is -0.424. The van der Waals surface area contributed by atoms with Gasteiger partial charge in [0.25, 0.3) is 0 Å². The molecule has 0 aliphatic heterocycles. The molecule has 4 heteroatoms. The van der Waals surface area contributed by atoms with Crippen LogP contribution in [0.4, 0.5) is 0 Å². The van der Waals surface area contributed by atoms with Gasteiger partial charge in [-0.05, 0) is 12.8 Å². The first-order chi connectivity index (χ1) is 7.86. The summed E-state index contributed by atoms with van der Waals surface area (Å²) in [5, 5.41) is 3.82. The van der Waals surface area contributed by atoms with E-state index in [1.165, 1.54) is 44.9 Å². The van der Waals surface area contributed by atoms with Crippen LogP contribution in [0.2, 0.25) is 0 Å². The second-order valence-electron chi connectivity index (χ2n) is 4.73. The van der Waals surface area contributed by atoms with Gasteiger partial charge in [-0.15, -0.1) is 0 Å². The first kappa shape index (κ1) is 11.4. The number of hydrogen-bond donors (Lipinski definition) is 1. The molecule has 0 aromatic carbocycles. The standard InChI is InChI=1S/C12H20N2O2/c15-12-13-11(14-16-12)10-8-6-4-2-1-3-5-7-9-10/h10H,1-9H2,(H,13,14,15). The van der Waals surface area contributed by atoms with Crippen molar-refractivity contribution in [3.05, 3.63) is 16.4 Å². The molecule has 90 valence electrons.